The number of aromatic nitrogens is 1. The van der Waals surface area contributed by atoms with Crippen molar-refractivity contribution in [2.24, 2.45) is 7.05 Å². The summed E-state index contributed by atoms with van der Waals surface area (Å²) in [6.45, 7) is 6.88. The van der Waals surface area contributed by atoms with Crippen LogP contribution in [-0.2, 0) is 7.05 Å². The second-order valence-electron chi connectivity index (χ2n) is 6.14. The Balaban J connectivity index is 2.15. The van der Waals surface area contributed by atoms with Crippen molar-refractivity contribution in [2.75, 3.05) is 11.9 Å². The fraction of sp³-hybridized carbons (Fsp3) is 0.278. The Morgan fingerprint density at radius 2 is 1.76 bits per heavy atom. The van der Waals surface area contributed by atoms with Crippen LogP contribution in [0.5, 0.6) is 0 Å². The molecule has 21 heavy (non-hydrogen) atoms. The molecule has 1 aliphatic rings. The Hall–Kier alpha value is -2.03. The van der Waals surface area contributed by atoms with E-state index in [2.05, 4.69) is 86.8 Å². The Morgan fingerprint density at radius 3 is 2.52 bits per heavy atom. The highest BCUT2D eigenvalue weighted by Gasteiger charge is 2.36. The minimum absolute atomic E-state index is 0.296. The molecule has 1 aromatic heterocycles. The van der Waals surface area contributed by atoms with Gasteiger partial charge in [-0.15, -0.1) is 0 Å². The summed E-state index contributed by atoms with van der Waals surface area (Å²) in [5.74, 6) is 0. The topological polar surface area (TPSA) is 7.12 Å². The van der Waals surface area contributed by atoms with Crippen LogP contribution in [0.1, 0.15) is 23.6 Å². The van der Waals surface area contributed by atoms with Gasteiger partial charge in [-0.05, 0) is 45.0 Å². The van der Waals surface area contributed by atoms with E-state index in [0.717, 1.165) is 0 Å². The average Bonchev–Trinajstić information content (AvgIpc) is 2.44. The number of para-hydroxylation sites is 1. The molecule has 0 fully saturated rings. The molecule has 1 aromatic carbocycles. The molecule has 0 N–H and O–H groups in total. The number of pyridine rings is 1. The third kappa shape index (κ3) is 2.27. The van der Waals surface area contributed by atoms with Crippen LogP contribution < -0.4 is 15.0 Å². The van der Waals surface area contributed by atoms with Gasteiger partial charge in [-0.1, -0.05) is 29.7 Å². The minimum atomic E-state index is 0.296. The summed E-state index contributed by atoms with van der Waals surface area (Å²) in [6.07, 6.45) is 4.54. The molecule has 0 bridgehead atoms. The van der Waals surface area contributed by atoms with Gasteiger partial charge < -0.3 is 4.81 Å². The Bertz CT molecular complexity index is 734. The van der Waals surface area contributed by atoms with Crippen molar-refractivity contribution in [2.45, 2.75) is 20.8 Å². The van der Waals surface area contributed by atoms with Crippen molar-refractivity contribution in [1.82, 2.24) is 0 Å². The number of anilines is 1. The van der Waals surface area contributed by atoms with Gasteiger partial charge >= 0.3 is 6.85 Å². The van der Waals surface area contributed by atoms with Crippen molar-refractivity contribution in [1.29, 1.82) is 0 Å². The zero-order valence-electron chi connectivity index (χ0n) is 13.5. The van der Waals surface area contributed by atoms with E-state index in [4.69, 9.17) is 0 Å². The summed E-state index contributed by atoms with van der Waals surface area (Å²) in [6, 6.07) is 10.9. The first-order chi connectivity index (χ1) is 9.99. The molecule has 2 nitrogen and oxygen atoms in total. The number of allylic oxidation sites excluding steroid dienone is 1. The molecule has 0 atom stereocenters. The third-order valence-electron chi connectivity index (χ3n) is 4.58. The van der Waals surface area contributed by atoms with E-state index in [0.29, 0.717) is 6.85 Å². The molecule has 3 heteroatoms. The molecule has 106 valence electrons. The molecule has 0 radical (unpaired) electrons. The lowest BCUT2D eigenvalue weighted by molar-refractivity contribution is -0.654. The van der Waals surface area contributed by atoms with Gasteiger partial charge in [0, 0.05) is 17.3 Å². The number of fused-ring (bicyclic) bond motifs is 1. The molecule has 0 spiro atoms. The molecule has 1 aliphatic heterocycles. The van der Waals surface area contributed by atoms with Crippen LogP contribution in [0.15, 0.2) is 42.0 Å². The predicted octanol–water partition coefficient (Wildman–Crippen LogP) is 2.42. The van der Waals surface area contributed by atoms with E-state index in [9.17, 15) is 0 Å². The second kappa shape index (κ2) is 5.07. The molecule has 0 unspecified atom stereocenters. The highest BCUT2D eigenvalue weighted by Crippen LogP contribution is 2.29. The van der Waals surface area contributed by atoms with Crippen LogP contribution in [-0.4, -0.2) is 13.9 Å². The second-order valence-corrected chi connectivity index (χ2v) is 6.14. The van der Waals surface area contributed by atoms with Gasteiger partial charge in [-0.3, -0.25) is 0 Å². The standard InChI is InChI=1S/C18H22BN2/c1-13-10-18(20(4)12-14(13)2)19-15(3)11-16-8-6-7-9-17(16)21(19)5/h6-12H,1-5H3/q+1. The fourth-order valence-corrected chi connectivity index (χ4v) is 3.31. The molecule has 0 saturated heterocycles. The van der Waals surface area contributed by atoms with Crippen LogP contribution in [0.25, 0.3) is 6.08 Å². The van der Waals surface area contributed by atoms with Crippen molar-refractivity contribution in [3.63, 3.8) is 0 Å². The molecular weight excluding hydrogens is 255 g/mol. The molecule has 2 aromatic rings. The maximum absolute atomic E-state index is 2.38. The quantitative estimate of drug-likeness (QED) is 0.573. The van der Waals surface area contributed by atoms with Gasteiger partial charge in [-0.25, -0.2) is 4.57 Å². The first kappa shape index (κ1) is 13.9. The SMILES string of the molecule is CC1=Cc2ccccc2N(C)B1c1cc(C)c(C)c[n+]1C. The van der Waals surface area contributed by atoms with Crippen molar-refractivity contribution < 1.29 is 4.57 Å². The van der Waals surface area contributed by atoms with Crippen molar-refractivity contribution in [3.8, 4) is 0 Å². The van der Waals surface area contributed by atoms with Crippen LogP contribution >= 0.6 is 0 Å². The summed E-state index contributed by atoms with van der Waals surface area (Å²) in [4.78, 5) is 2.38. The van der Waals surface area contributed by atoms with Gasteiger partial charge in [0.1, 0.15) is 7.05 Å². The molecule has 0 aliphatic carbocycles. The number of hydrogen-bond donors (Lipinski definition) is 0. The number of aryl methyl sites for hydroxylation is 3. The molecular formula is C18H22BN2+. The van der Waals surface area contributed by atoms with Crippen LogP contribution in [0.3, 0.4) is 0 Å². The van der Waals surface area contributed by atoms with E-state index in [1.165, 1.54) is 33.4 Å². The zero-order valence-corrected chi connectivity index (χ0v) is 13.5. The predicted molar refractivity (Wildman–Crippen MR) is 91.0 cm³/mol. The maximum Gasteiger partial charge on any atom is 0.399 e. The van der Waals surface area contributed by atoms with E-state index in [1.54, 1.807) is 0 Å². The largest absolute Gasteiger partial charge is 0.404 e. The van der Waals surface area contributed by atoms with Gasteiger partial charge in [-0.2, -0.15) is 0 Å². The van der Waals surface area contributed by atoms with E-state index in [-0.39, 0.29) is 0 Å². The number of benzene rings is 1. The third-order valence-corrected chi connectivity index (χ3v) is 4.58. The van der Waals surface area contributed by atoms with Crippen molar-refractivity contribution >= 4 is 24.2 Å². The van der Waals surface area contributed by atoms with Gasteiger partial charge in [0.15, 0.2) is 11.8 Å². The Morgan fingerprint density at radius 1 is 1.05 bits per heavy atom. The normalized spacial score (nSPS) is 14.0. The highest BCUT2D eigenvalue weighted by atomic mass is 15.1. The molecule has 0 saturated carbocycles. The van der Waals surface area contributed by atoms with E-state index < -0.39 is 0 Å². The van der Waals surface area contributed by atoms with Crippen molar-refractivity contribution in [3.05, 3.63) is 58.7 Å². The van der Waals surface area contributed by atoms with Gasteiger partial charge in [0.05, 0.1) is 0 Å². The van der Waals surface area contributed by atoms with Crippen LogP contribution in [0.2, 0.25) is 0 Å². The maximum atomic E-state index is 2.38. The smallest absolute Gasteiger partial charge is 0.399 e. The lowest BCUT2D eigenvalue weighted by Gasteiger charge is -2.31. The fourth-order valence-electron chi connectivity index (χ4n) is 3.31. The summed E-state index contributed by atoms with van der Waals surface area (Å²) < 4.78 is 2.26. The monoisotopic (exact) mass is 277 g/mol. The lowest BCUT2D eigenvalue weighted by Crippen LogP contribution is -2.62. The Labute approximate surface area is 127 Å². The first-order valence-corrected chi connectivity index (χ1v) is 7.46. The lowest BCUT2D eigenvalue weighted by atomic mass is 9.49. The number of rotatable bonds is 1. The summed E-state index contributed by atoms with van der Waals surface area (Å²) in [5, 5.41) is 0. The van der Waals surface area contributed by atoms with Crippen LogP contribution in [0.4, 0.5) is 5.69 Å². The Kier molecular flexibility index (Phi) is 3.36. The minimum Gasteiger partial charge on any atom is -0.404 e. The van der Waals surface area contributed by atoms with E-state index >= 15 is 0 Å². The van der Waals surface area contributed by atoms with Gasteiger partial charge in [0.25, 0.3) is 0 Å². The highest BCUT2D eigenvalue weighted by molar-refractivity contribution is 6.82. The zero-order chi connectivity index (χ0) is 15.1. The van der Waals surface area contributed by atoms with Crippen LogP contribution in [0, 0.1) is 13.8 Å². The van der Waals surface area contributed by atoms with Gasteiger partial charge in [0.2, 0.25) is 0 Å². The first-order valence-electron chi connectivity index (χ1n) is 7.46. The summed E-state index contributed by atoms with van der Waals surface area (Å²) >= 11 is 0. The summed E-state index contributed by atoms with van der Waals surface area (Å²) in [7, 11) is 4.33. The molecule has 3 rings (SSSR count). The number of nitrogens with zero attached hydrogens (tertiary/aromatic N) is 2. The number of hydrogen-bond acceptors (Lipinski definition) is 1. The average molecular weight is 277 g/mol. The van der Waals surface area contributed by atoms with E-state index in [1.807, 2.05) is 0 Å². The molecule has 0 amide bonds. The summed E-state index contributed by atoms with van der Waals surface area (Å²) in [5.41, 5.74) is 8.01. The molecule has 2 heterocycles.